The average molecular weight is 249 g/mol. The fourth-order valence-corrected chi connectivity index (χ4v) is 1.67. The second kappa shape index (κ2) is 6.05. The molecule has 5 nitrogen and oxygen atoms in total. The summed E-state index contributed by atoms with van der Waals surface area (Å²) < 4.78 is 0. The second-order valence-electron chi connectivity index (χ2n) is 4.28. The first-order valence-corrected chi connectivity index (χ1v) is 5.88. The van der Waals surface area contributed by atoms with Gasteiger partial charge in [0.1, 0.15) is 5.84 Å². The van der Waals surface area contributed by atoms with Crippen LogP contribution in [0, 0.1) is 5.41 Å². The first-order chi connectivity index (χ1) is 8.45. The Morgan fingerprint density at radius 3 is 2.72 bits per heavy atom. The van der Waals surface area contributed by atoms with E-state index in [4.69, 9.17) is 11.1 Å². The fourth-order valence-electron chi connectivity index (χ4n) is 1.67. The molecule has 4 N–H and O–H groups in total. The molecule has 98 valence electrons. The summed E-state index contributed by atoms with van der Waals surface area (Å²) in [4.78, 5) is 12.6. The molecule has 0 aliphatic carbocycles. The summed E-state index contributed by atoms with van der Waals surface area (Å²) in [6, 6.07) is 7.07. The first kappa shape index (κ1) is 14.0. The van der Waals surface area contributed by atoms with Crippen LogP contribution in [0.5, 0.6) is 0 Å². The Morgan fingerprint density at radius 2 is 2.22 bits per heavy atom. The molecule has 1 amide bonds. The summed E-state index contributed by atoms with van der Waals surface area (Å²) in [5, 5.41) is 16.5. The molecule has 1 aromatic carbocycles. The van der Waals surface area contributed by atoms with Crippen LogP contribution < -0.4 is 5.73 Å². The van der Waals surface area contributed by atoms with E-state index >= 15 is 0 Å². The van der Waals surface area contributed by atoms with Gasteiger partial charge < -0.3 is 15.7 Å². The largest absolute Gasteiger partial charge is 0.465 e. The molecule has 1 aromatic rings. The molecule has 0 radical (unpaired) electrons. The normalized spacial score (nSPS) is 11.9. The number of nitrogens with one attached hydrogen (secondary N) is 1. The van der Waals surface area contributed by atoms with Crippen molar-refractivity contribution in [1.82, 2.24) is 4.90 Å². The van der Waals surface area contributed by atoms with Gasteiger partial charge in [-0.05, 0) is 25.0 Å². The summed E-state index contributed by atoms with van der Waals surface area (Å²) in [6.45, 7) is 4.14. The van der Waals surface area contributed by atoms with Gasteiger partial charge in [-0.25, -0.2) is 4.79 Å². The van der Waals surface area contributed by atoms with Crippen molar-refractivity contribution in [1.29, 1.82) is 5.41 Å². The average Bonchev–Trinajstić information content (AvgIpc) is 2.35. The van der Waals surface area contributed by atoms with Gasteiger partial charge in [0.15, 0.2) is 0 Å². The molecule has 1 rings (SSSR count). The molecule has 0 saturated heterocycles. The van der Waals surface area contributed by atoms with Crippen molar-refractivity contribution in [2.45, 2.75) is 32.9 Å². The third-order valence-corrected chi connectivity index (χ3v) is 2.96. The van der Waals surface area contributed by atoms with Crippen LogP contribution in [-0.4, -0.2) is 28.0 Å². The van der Waals surface area contributed by atoms with Crippen molar-refractivity contribution in [3.05, 3.63) is 35.4 Å². The molecule has 0 fully saturated rings. The first-order valence-electron chi connectivity index (χ1n) is 5.88. The van der Waals surface area contributed by atoms with E-state index in [0.717, 1.165) is 12.0 Å². The number of hydrogen-bond donors (Lipinski definition) is 3. The number of nitrogens with two attached hydrogens (primary N) is 1. The Bertz CT molecular complexity index is 446. The minimum Gasteiger partial charge on any atom is -0.465 e. The Hall–Kier alpha value is -2.04. The van der Waals surface area contributed by atoms with E-state index in [1.165, 1.54) is 4.90 Å². The molecular formula is C13H19N3O2. The van der Waals surface area contributed by atoms with Gasteiger partial charge in [-0.15, -0.1) is 0 Å². The highest BCUT2D eigenvalue weighted by atomic mass is 16.4. The van der Waals surface area contributed by atoms with Gasteiger partial charge in [0.2, 0.25) is 0 Å². The molecule has 1 unspecified atom stereocenters. The van der Waals surface area contributed by atoms with Crippen LogP contribution in [0.4, 0.5) is 4.79 Å². The van der Waals surface area contributed by atoms with Crippen molar-refractivity contribution < 1.29 is 9.90 Å². The lowest BCUT2D eigenvalue weighted by molar-refractivity contribution is 0.123. The summed E-state index contributed by atoms with van der Waals surface area (Å²) in [6.07, 6.45) is -0.170. The van der Waals surface area contributed by atoms with Gasteiger partial charge >= 0.3 is 6.09 Å². The number of nitrogen functional groups attached to an aromatic ring is 1. The van der Waals surface area contributed by atoms with Crippen LogP contribution in [0.2, 0.25) is 0 Å². The lowest BCUT2D eigenvalue weighted by Crippen LogP contribution is -2.36. The summed E-state index contributed by atoms with van der Waals surface area (Å²) in [5.74, 6) is -0.0118. The molecule has 18 heavy (non-hydrogen) atoms. The minimum absolute atomic E-state index is 0.0118. The Kier molecular flexibility index (Phi) is 4.71. The Morgan fingerprint density at radius 1 is 1.56 bits per heavy atom. The maximum atomic E-state index is 11.2. The third kappa shape index (κ3) is 3.48. The van der Waals surface area contributed by atoms with Gasteiger partial charge in [-0.2, -0.15) is 0 Å². The maximum absolute atomic E-state index is 11.2. The Labute approximate surface area is 107 Å². The Balaban J connectivity index is 2.90. The van der Waals surface area contributed by atoms with E-state index in [1.54, 1.807) is 18.2 Å². The molecule has 1 atom stereocenters. The maximum Gasteiger partial charge on any atom is 0.407 e. The zero-order valence-electron chi connectivity index (χ0n) is 10.7. The van der Waals surface area contributed by atoms with Crippen LogP contribution in [-0.2, 0) is 6.54 Å². The smallest absolute Gasteiger partial charge is 0.407 e. The number of carbonyl (C=O) groups is 1. The zero-order chi connectivity index (χ0) is 13.7. The van der Waals surface area contributed by atoms with Gasteiger partial charge in [0.25, 0.3) is 0 Å². The minimum atomic E-state index is -0.933. The topological polar surface area (TPSA) is 90.4 Å². The molecule has 5 heteroatoms. The molecule has 0 bridgehead atoms. The molecule has 0 aliphatic heterocycles. The standard InChI is InChI=1S/C13H19N3O2/c1-3-9(2)16(13(17)18)8-10-5-4-6-11(7-10)12(14)15/h4-7,9H,3,8H2,1-2H3,(H3,14,15)(H,17,18). The van der Waals surface area contributed by atoms with Crippen molar-refractivity contribution in [3.63, 3.8) is 0 Å². The number of nitrogens with zero attached hydrogens (tertiary/aromatic N) is 1. The van der Waals surface area contributed by atoms with Crippen molar-refractivity contribution in [3.8, 4) is 0 Å². The highest BCUT2D eigenvalue weighted by Gasteiger charge is 2.18. The molecular weight excluding hydrogens is 230 g/mol. The number of hydrogen-bond acceptors (Lipinski definition) is 2. The quantitative estimate of drug-likeness (QED) is 0.552. The highest BCUT2D eigenvalue weighted by Crippen LogP contribution is 2.12. The van der Waals surface area contributed by atoms with Crippen molar-refractivity contribution in [2.24, 2.45) is 5.73 Å². The van der Waals surface area contributed by atoms with Crippen molar-refractivity contribution >= 4 is 11.9 Å². The van der Waals surface area contributed by atoms with E-state index in [9.17, 15) is 9.90 Å². The number of rotatable bonds is 5. The lowest BCUT2D eigenvalue weighted by Gasteiger charge is -2.25. The van der Waals surface area contributed by atoms with E-state index in [2.05, 4.69) is 0 Å². The molecule has 0 heterocycles. The van der Waals surface area contributed by atoms with Crippen LogP contribution in [0.25, 0.3) is 0 Å². The zero-order valence-corrected chi connectivity index (χ0v) is 10.7. The van der Waals surface area contributed by atoms with E-state index in [1.807, 2.05) is 19.9 Å². The van der Waals surface area contributed by atoms with Crippen LogP contribution >= 0.6 is 0 Å². The van der Waals surface area contributed by atoms with E-state index < -0.39 is 6.09 Å². The summed E-state index contributed by atoms with van der Waals surface area (Å²) in [7, 11) is 0. The number of amides is 1. The van der Waals surface area contributed by atoms with E-state index in [-0.39, 0.29) is 11.9 Å². The van der Waals surface area contributed by atoms with E-state index in [0.29, 0.717) is 12.1 Å². The SMILES string of the molecule is CCC(C)N(Cc1cccc(C(=N)N)c1)C(=O)O. The second-order valence-corrected chi connectivity index (χ2v) is 4.28. The van der Waals surface area contributed by atoms with Crippen LogP contribution in [0.3, 0.4) is 0 Å². The van der Waals surface area contributed by atoms with Crippen LogP contribution in [0.15, 0.2) is 24.3 Å². The van der Waals surface area contributed by atoms with Gasteiger partial charge in [-0.3, -0.25) is 5.41 Å². The summed E-state index contributed by atoms with van der Waals surface area (Å²) in [5.41, 5.74) is 6.86. The lowest BCUT2D eigenvalue weighted by atomic mass is 10.1. The summed E-state index contributed by atoms with van der Waals surface area (Å²) >= 11 is 0. The molecule has 0 aromatic heterocycles. The molecule has 0 saturated carbocycles. The third-order valence-electron chi connectivity index (χ3n) is 2.96. The predicted octanol–water partition coefficient (Wildman–Crippen LogP) is 2.25. The van der Waals surface area contributed by atoms with Gasteiger partial charge in [0.05, 0.1) is 0 Å². The molecule has 0 aliphatic rings. The number of benzene rings is 1. The van der Waals surface area contributed by atoms with Gasteiger partial charge in [0, 0.05) is 18.2 Å². The number of amidine groups is 1. The van der Waals surface area contributed by atoms with Gasteiger partial charge in [-0.1, -0.05) is 25.1 Å². The predicted molar refractivity (Wildman–Crippen MR) is 70.8 cm³/mol. The molecule has 0 spiro atoms. The monoisotopic (exact) mass is 249 g/mol. The van der Waals surface area contributed by atoms with Crippen molar-refractivity contribution in [2.75, 3.05) is 0 Å². The number of carboxylic acid groups (broad SMARTS) is 1. The fraction of sp³-hybridized carbons (Fsp3) is 0.385. The van der Waals surface area contributed by atoms with Crippen LogP contribution in [0.1, 0.15) is 31.4 Å². The highest BCUT2D eigenvalue weighted by molar-refractivity contribution is 5.95.